The largest absolute Gasteiger partial charge is 0.314 e. The van der Waals surface area contributed by atoms with E-state index in [0.717, 1.165) is 24.2 Å². The van der Waals surface area contributed by atoms with E-state index in [4.69, 9.17) is 0 Å². The fraction of sp³-hybridized carbons (Fsp3) is 0.615. The molecule has 2 nitrogen and oxygen atoms in total. The van der Waals surface area contributed by atoms with Gasteiger partial charge in [-0.2, -0.15) is 0 Å². The van der Waals surface area contributed by atoms with E-state index in [9.17, 15) is 0 Å². The van der Waals surface area contributed by atoms with Gasteiger partial charge in [0.25, 0.3) is 0 Å². The highest BCUT2D eigenvalue weighted by Gasteiger charge is 2.24. The zero-order valence-corrected chi connectivity index (χ0v) is 9.66. The van der Waals surface area contributed by atoms with Crippen molar-refractivity contribution in [2.45, 2.75) is 45.1 Å². The number of nitrogens with one attached hydrogen (secondary N) is 1. The Bertz CT molecular complexity index is 305. The first-order chi connectivity index (χ1) is 7.29. The molecule has 0 amide bonds. The van der Waals surface area contributed by atoms with Crippen LogP contribution in [0.15, 0.2) is 18.3 Å². The average molecular weight is 204 g/mol. The first-order valence-corrected chi connectivity index (χ1v) is 5.95. The molecule has 1 aromatic heterocycles. The van der Waals surface area contributed by atoms with E-state index in [1.165, 1.54) is 24.8 Å². The molecule has 0 saturated heterocycles. The van der Waals surface area contributed by atoms with Crippen LogP contribution in [0.3, 0.4) is 0 Å². The molecule has 0 bridgehead atoms. The Kier molecular flexibility index (Phi) is 3.37. The Hall–Kier alpha value is -0.890. The van der Waals surface area contributed by atoms with Gasteiger partial charge in [0.15, 0.2) is 0 Å². The summed E-state index contributed by atoms with van der Waals surface area (Å²) >= 11 is 0. The highest BCUT2D eigenvalue weighted by Crippen LogP contribution is 2.33. The molecular formula is C13H20N2. The molecule has 0 spiro atoms. The lowest BCUT2D eigenvalue weighted by atomic mass is 9.99. The van der Waals surface area contributed by atoms with Crippen molar-refractivity contribution in [3.63, 3.8) is 0 Å². The third-order valence-electron chi connectivity index (χ3n) is 3.33. The summed E-state index contributed by atoms with van der Waals surface area (Å²) in [6.07, 6.45) is 5.95. The van der Waals surface area contributed by atoms with Crippen LogP contribution in [0.4, 0.5) is 0 Å². The molecule has 2 heteroatoms. The van der Waals surface area contributed by atoms with Gasteiger partial charge in [-0.15, -0.1) is 0 Å². The number of hydrogen-bond donors (Lipinski definition) is 1. The number of aryl methyl sites for hydroxylation is 1. The molecule has 1 fully saturated rings. The summed E-state index contributed by atoms with van der Waals surface area (Å²) in [6.45, 7) is 5.31. The molecule has 1 saturated carbocycles. The zero-order valence-electron chi connectivity index (χ0n) is 9.66. The van der Waals surface area contributed by atoms with Crippen molar-refractivity contribution in [2.75, 3.05) is 6.54 Å². The normalized spacial score (nSPS) is 25.7. The minimum atomic E-state index is 0.723. The number of rotatable bonds is 3. The Morgan fingerprint density at radius 3 is 2.93 bits per heavy atom. The van der Waals surface area contributed by atoms with E-state index in [1.807, 2.05) is 13.1 Å². The molecule has 1 aliphatic carbocycles. The Morgan fingerprint density at radius 2 is 2.27 bits per heavy atom. The van der Waals surface area contributed by atoms with Crippen LogP contribution >= 0.6 is 0 Å². The Labute approximate surface area is 92.1 Å². The molecule has 2 atom stereocenters. The monoisotopic (exact) mass is 204 g/mol. The lowest BCUT2D eigenvalue weighted by Crippen LogP contribution is -2.25. The molecule has 82 valence electrons. The molecule has 1 N–H and O–H groups in total. The van der Waals surface area contributed by atoms with Crippen LogP contribution in [-0.4, -0.2) is 17.6 Å². The molecule has 0 aromatic carbocycles. The number of hydrogen-bond acceptors (Lipinski definition) is 2. The Morgan fingerprint density at radius 1 is 1.40 bits per heavy atom. The van der Waals surface area contributed by atoms with Gasteiger partial charge in [0.1, 0.15) is 0 Å². The third kappa shape index (κ3) is 2.57. The standard InChI is InChI=1S/C13H20N2/c1-3-14-13-7-6-11(8-13)12-5-4-10(2)15-9-12/h4-5,9,11,13-14H,3,6-8H2,1-2H3. The lowest BCUT2D eigenvalue weighted by molar-refractivity contribution is 0.535. The maximum Gasteiger partial charge on any atom is 0.0372 e. The minimum absolute atomic E-state index is 0.723. The van der Waals surface area contributed by atoms with E-state index in [1.54, 1.807) is 0 Å². The molecule has 0 radical (unpaired) electrons. The first kappa shape index (κ1) is 10.6. The smallest absolute Gasteiger partial charge is 0.0372 e. The second-order valence-corrected chi connectivity index (χ2v) is 4.50. The maximum absolute atomic E-state index is 4.37. The molecule has 1 aromatic rings. The lowest BCUT2D eigenvalue weighted by Gasteiger charge is -2.12. The molecule has 1 heterocycles. The van der Waals surface area contributed by atoms with E-state index in [-0.39, 0.29) is 0 Å². The third-order valence-corrected chi connectivity index (χ3v) is 3.33. The first-order valence-electron chi connectivity index (χ1n) is 5.95. The molecule has 0 aliphatic heterocycles. The summed E-state index contributed by atoms with van der Waals surface area (Å²) in [5.74, 6) is 0.724. The average Bonchev–Trinajstić information content (AvgIpc) is 2.68. The highest BCUT2D eigenvalue weighted by molar-refractivity contribution is 5.19. The van der Waals surface area contributed by atoms with Crippen molar-refractivity contribution in [3.05, 3.63) is 29.6 Å². The number of aromatic nitrogens is 1. The van der Waals surface area contributed by atoms with Crippen LogP contribution in [0.5, 0.6) is 0 Å². The van der Waals surface area contributed by atoms with Crippen molar-refractivity contribution in [3.8, 4) is 0 Å². The summed E-state index contributed by atoms with van der Waals surface area (Å²) in [6, 6.07) is 5.08. The van der Waals surface area contributed by atoms with Crippen LogP contribution in [0, 0.1) is 6.92 Å². The van der Waals surface area contributed by atoms with Gasteiger partial charge >= 0.3 is 0 Å². The van der Waals surface area contributed by atoms with Gasteiger partial charge in [-0.25, -0.2) is 0 Å². The van der Waals surface area contributed by atoms with Crippen molar-refractivity contribution in [2.24, 2.45) is 0 Å². The highest BCUT2D eigenvalue weighted by atomic mass is 14.9. The molecule has 2 rings (SSSR count). The van der Waals surface area contributed by atoms with Gasteiger partial charge in [0.2, 0.25) is 0 Å². The van der Waals surface area contributed by atoms with Gasteiger partial charge in [-0.3, -0.25) is 4.98 Å². The summed E-state index contributed by atoms with van der Waals surface area (Å²) in [7, 11) is 0. The predicted octanol–water partition coefficient (Wildman–Crippen LogP) is 2.64. The second kappa shape index (κ2) is 4.75. The zero-order chi connectivity index (χ0) is 10.7. The SMILES string of the molecule is CCNC1CCC(c2ccc(C)nc2)C1. The topological polar surface area (TPSA) is 24.9 Å². The van der Waals surface area contributed by atoms with Crippen molar-refractivity contribution in [1.82, 2.24) is 10.3 Å². The van der Waals surface area contributed by atoms with E-state index in [2.05, 4.69) is 29.4 Å². The summed E-state index contributed by atoms with van der Waals surface area (Å²) in [4.78, 5) is 4.37. The van der Waals surface area contributed by atoms with E-state index < -0.39 is 0 Å². The summed E-state index contributed by atoms with van der Waals surface area (Å²) in [5.41, 5.74) is 2.53. The maximum atomic E-state index is 4.37. The number of nitrogens with zero attached hydrogens (tertiary/aromatic N) is 1. The number of pyridine rings is 1. The van der Waals surface area contributed by atoms with Crippen molar-refractivity contribution in [1.29, 1.82) is 0 Å². The molecule has 15 heavy (non-hydrogen) atoms. The van der Waals surface area contributed by atoms with Gasteiger partial charge in [-0.1, -0.05) is 13.0 Å². The molecule has 1 aliphatic rings. The van der Waals surface area contributed by atoms with Crippen LogP contribution < -0.4 is 5.32 Å². The van der Waals surface area contributed by atoms with Crippen LogP contribution in [0.1, 0.15) is 43.4 Å². The van der Waals surface area contributed by atoms with E-state index >= 15 is 0 Å². The second-order valence-electron chi connectivity index (χ2n) is 4.50. The van der Waals surface area contributed by atoms with Crippen LogP contribution in [-0.2, 0) is 0 Å². The molecular weight excluding hydrogens is 184 g/mol. The summed E-state index contributed by atoms with van der Waals surface area (Å²) in [5, 5.41) is 3.54. The van der Waals surface area contributed by atoms with Crippen LogP contribution in [0.25, 0.3) is 0 Å². The Balaban J connectivity index is 1.98. The van der Waals surface area contributed by atoms with Gasteiger partial charge in [0.05, 0.1) is 0 Å². The van der Waals surface area contributed by atoms with Crippen LogP contribution in [0.2, 0.25) is 0 Å². The van der Waals surface area contributed by atoms with E-state index in [0.29, 0.717) is 0 Å². The molecule has 2 unspecified atom stereocenters. The van der Waals surface area contributed by atoms with Gasteiger partial charge in [0, 0.05) is 17.9 Å². The van der Waals surface area contributed by atoms with Gasteiger partial charge < -0.3 is 5.32 Å². The predicted molar refractivity (Wildman–Crippen MR) is 63.0 cm³/mol. The minimum Gasteiger partial charge on any atom is -0.314 e. The quantitative estimate of drug-likeness (QED) is 0.818. The van der Waals surface area contributed by atoms with Gasteiger partial charge in [-0.05, 0) is 50.3 Å². The van der Waals surface area contributed by atoms with Crippen molar-refractivity contribution < 1.29 is 0 Å². The summed E-state index contributed by atoms with van der Waals surface area (Å²) < 4.78 is 0. The van der Waals surface area contributed by atoms with Crippen molar-refractivity contribution >= 4 is 0 Å². The fourth-order valence-corrected chi connectivity index (χ4v) is 2.48. The fourth-order valence-electron chi connectivity index (χ4n) is 2.48.